The molecule has 0 bridgehead atoms. The molecule has 106 valence electrons. The molecule has 2 unspecified atom stereocenters. The summed E-state index contributed by atoms with van der Waals surface area (Å²) in [6, 6.07) is 0.430. The van der Waals surface area contributed by atoms with Crippen LogP contribution in [0, 0.1) is 5.92 Å². The molecule has 0 spiro atoms. The fourth-order valence-corrected chi connectivity index (χ4v) is 2.35. The quantitative estimate of drug-likeness (QED) is 0.722. The highest BCUT2D eigenvalue weighted by atomic mass is 16.5. The number of hydrogen-bond donors (Lipinski definition) is 1. The average Bonchev–Trinajstić information content (AvgIpc) is 2.38. The number of carbonyl (C=O) groups is 1. The third kappa shape index (κ3) is 4.92. The van der Waals surface area contributed by atoms with Gasteiger partial charge in [0.25, 0.3) is 0 Å². The third-order valence-electron chi connectivity index (χ3n) is 3.42. The van der Waals surface area contributed by atoms with Crippen molar-refractivity contribution >= 4 is 5.91 Å². The van der Waals surface area contributed by atoms with Gasteiger partial charge in [-0.25, -0.2) is 0 Å². The molecule has 1 aliphatic rings. The molecule has 1 fully saturated rings. The summed E-state index contributed by atoms with van der Waals surface area (Å²) >= 11 is 0. The van der Waals surface area contributed by atoms with Gasteiger partial charge in [0.1, 0.15) is 0 Å². The van der Waals surface area contributed by atoms with Crippen LogP contribution in [0.5, 0.6) is 0 Å². The van der Waals surface area contributed by atoms with Gasteiger partial charge in [-0.2, -0.15) is 0 Å². The average molecular weight is 258 g/mol. The molecule has 0 aliphatic carbocycles. The number of carbonyl (C=O) groups excluding carboxylic acids is 1. The first kappa shape index (κ1) is 15.4. The van der Waals surface area contributed by atoms with E-state index < -0.39 is 0 Å². The molecular formula is C13H26N2O3. The molecule has 1 rings (SSSR count). The summed E-state index contributed by atoms with van der Waals surface area (Å²) < 4.78 is 10.1. The second kappa shape index (κ2) is 8.45. The standard InChI is InChI=1S/C13H26N2O3/c1-11-10-12(4-5-14-11)13(16)15(6-8-17-2)7-9-18-3/h11-12,14H,4-10H2,1-3H3. The zero-order valence-electron chi connectivity index (χ0n) is 11.8. The molecule has 0 radical (unpaired) electrons. The largest absolute Gasteiger partial charge is 0.383 e. The van der Waals surface area contributed by atoms with Gasteiger partial charge in [0.05, 0.1) is 13.2 Å². The predicted octanol–water partition coefficient (Wildman–Crippen LogP) is 0.496. The van der Waals surface area contributed by atoms with Crippen molar-refractivity contribution in [2.24, 2.45) is 5.92 Å². The Morgan fingerprint density at radius 1 is 1.28 bits per heavy atom. The van der Waals surface area contributed by atoms with Gasteiger partial charge in [-0.3, -0.25) is 4.79 Å². The van der Waals surface area contributed by atoms with Crippen LogP contribution in [-0.4, -0.2) is 63.9 Å². The highest BCUT2D eigenvalue weighted by Crippen LogP contribution is 2.18. The molecule has 0 aromatic carbocycles. The van der Waals surface area contributed by atoms with Crippen molar-refractivity contribution in [2.75, 3.05) is 47.1 Å². The van der Waals surface area contributed by atoms with Gasteiger partial charge in [-0.15, -0.1) is 0 Å². The fourth-order valence-electron chi connectivity index (χ4n) is 2.35. The molecule has 1 saturated heterocycles. The van der Waals surface area contributed by atoms with Gasteiger partial charge in [0.15, 0.2) is 0 Å². The van der Waals surface area contributed by atoms with Gasteiger partial charge in [-0.05, 0) is 26.3 Å². The normalized spacial score (nSPS) is 23.9. The molecule has 1 N–H and O–H groups in total. The maximum Gasteiger partial charge on any atom is 0.225 e. The SMILES string of the molecule is COCCN(CCOC)C(=O)C1CCNC(C)C1. The Kier molecular flexibility index (Phi) is 7.23. The number of ether oxygens (including phenoxy) is 2. The van der Waals surface area contributed by atoms with Crippen molar-refractivity contribution in [3.63, 3.8) is 0 Å². The van der Waals surface area contributed by atoms with Gasteiger partial charge in [0.2, 0.25) is 5.91 Å². The molecule has 5 heteroatoms. The summed E-state index contributed by atoms with van der Waals surface area (Å²) in [7, 11) is 3.32. The number of nitrogens with zero attached hydrogens (tertiary/aromatic N) is 1. The predicted molar refractivity (Wildman–Crippen MR) is 70.5 cm³/mol. The molecule has 1 heterocycles. The highest BCUT2D eigenvalue weighted by Gasteiger charge is 2.28. The summed E-state index contributed by atoms with van der Waals surface area (Å²) in [5.74, 6) is 0.396. The summed E-state index contributed by atoms with van der Waals surface area (Å²) in [5.41, 5.74) is 0. The molecule has 1 aliphatic heterocycles. The first-order chi connectivity index (χ1) is 8.69. The number of methoxy groups -OCH3 is 2. The topological polar surface area (TPSA) is 50.8 Å². The van der Waals surface area contributed by atoms with E-state index in [1.165, 1.54) is 0 Å². The Bertz CT molecular complexity index is 240. The van der Waals surface area contributed by atoms with E-state index in [1.54, 1.807) is 14.2 Å². The van der Waals surface area contributed by atoms with Crippen LogP contribution in [0.25, 0.3) is 0 Å². The lowest BCUT2D eigenvalue weighted by molar-refractivity contribution is -0.138. The van der Waals surface area contributed by atoms with E-state index in [0.29, 0.717) is 32.3 Å². The lowest BCUT2D eigenvalue weighted by atomic mass is 9.92. The van der Waals surface area contributed by atoms with E-state index in [1.807, 2.05) is 4.90 Å². The molecule has 0 saturated carbocycles. The first-order valence-electron chi connectivity index (χ1n) is 6.69. The van der Waals surface area contributed by atoms with E-state index in [4.69, 9.17) is 9.47 Å². The van der Waals surface area contributed by atoms with Crippen molar-refractivity contribution < 1.29 is 14.3 Å². The van der Waals surface area contributed by atoms with Gasteiger partial charge in [0, 0.05) is 39.3 Å². The summed E-state index contributed by atoms with van der Waals surface area (Å²) in [6.45, 7) is 5.52. The first-order valence-corrected chi connectivity index (χ1v) is 6.69. The third-order valence-corrected chi connectivity index (χ3v) is 3.42. The minimum absolute atomic E-state index is 0.148. The van der Waals surface area contributed by atoms with Crippen molar-refractivity contribution in [2.45, 2.75) is 25.8 Å². The zero-order chi connectivity index (χ0) is 13.4. The van der Waals surface area contributed by atoms with Gasteiger partial charge in [-0.1, -0.05) is 0 Å². The summed E-state index contributed by atoms with van der Waals surface area (Å²) in [6.07, 6.45) is 1.86. The Balaban J connectivity index is 2.50. The van der Waals surface area contributed by atoms with Crippen LogP contribution in [0.3, 0.4) is 0 Å². The smallest absolute Gasteiger partial charge is 0.225 e. The van der Waals surface area contributed by atoms with Crippen LogP contribution in [0.15, 0.2) is 0 Å². The van der Waals surface area contributed by atoms with Crippen molar-refractivity contribution in [3.05, 3.63) is 0 Å². The van der Waals surface area contributed by atoms with Crippen LogP contribution in [-0.2, 0) is 14.3 Å². The molecule has 18 heavy (non-hydrogen) atoms. The van der Waals surface area contributed by atoms with Crippen LogP contribution >= 0.6 is 0 Å². The van der Waals surface area contributed by atoms with Crippen molar-refractivity contribution in [1.29, 1.82) is 0 Å². The number of piperidine rings is 1. The molecule has 5 nitrogen and oxygen atoms in total. The second-order valence-electron chi connectivity index (χ2n) is 4.89. The van der Waals surface area contributed by atoms with Gasteiger partial charge >= 0.3 is 0 Å². The second-order valence-corrected chi connectivity index (χ2v) is 4.89. The van der Waals surface area contributed by atoms with Crippen LogP contribution in [0.4, 0.5) is 0 Å². The van der Waals surface area contributed by atoms with E-state index in [-0.39, 0.29) is 11.8 Å². The number of hydrogen-bond acceptors (Lipinski definition) is 4. The zero-order valence-corrected chi connectivity index (χ0v) is 11.8. The maximum absolute atomic E-state index is 12.4. The minimum Gasteiger partial charge on any atom is -0.383 e. The van der Waals surface area contributed by atoms with E-state index in [2.05, 4.69) is 12.2 Å². The summed E-state index contributed by atoms with van der Waals surface area (Å²) in [5, 5.41) is 3.37. The van der Waals surface area contributed by atoms with E-state index in [0.717, 1.165) is 19.4 Å². The van der Waals surface area contributed by atoms with E-state index >= 15 is 0 Å². The van der Waals surface area contributed by atoms with Crippen LogP contribution in [0.2, 0.25) is 0 Å². The monoisotopic (exact) mass is 258 g/mol. The number of nitrogens with one attached hydrogen (secondary N) is 1. The Labute approximate surface area is 110 Å². The van der Waals surface area contributed by atoms with Crippen LogP contribution < -0.4 is 5.32 Å². The van der Waals surface area contributed by atoms with Gasteiger partial charge < -0.3 is 19.7 Å². The highest BCUT2D eigenvalue weighted by molar-refractivity contribution is 5.79. The Hall–Kier alpha value is -0.650. The van der Waals surface area contributed by atoms with E-state index in [9.17, 15) is 4.79 Å². The van der Waals surface area contributed by atoms with Crippen molar-refractivity contribution in [3.8, 4) is 0 Å². The number of amides is 1. The lowest BCUT2D eigenvalue weighted by Crippen LogP contribution is -2.46. The minimum atomic E-state index is 0.148. The fraction of sp³-hybridized carbons (Fsp3) is 0.923. The Morgan fingerprint density at radius 3 is 2.39 bits per heavy atom. The maximum atomic E-state index is 12.4. The molecule has 0 aromatic heterocycles. The lowest BCUT2D eigenvalue weighted by Gasteiger charge is -2.32. The molecule has 0 aromatic rings. The molecule has 2 atom stereocenters. The molecule has 1 amide bonds. The Morgan fingerprint density at radius 2 is 1.89 bits per heavy atom. The summed E-state index contributed by atoms with van der Waals surface area (Å²) in [4.78, 5) is 14.3. The van der Waals surface area contributed by atoms with Crippen molar-refractivity contribution in [1.82, 2.24) is 10.2 Å². The molecular weight excluding hydrogens is 232 g/mol. The van der Waals surface area contributed by atoms with Crippen LogP contribution in [0.1, 0.15) is 19.8 Å². The number of rotatable bonds is 7.